The predicted octanol–water partition coefficient (Wildman–Crippen LogP) is 5.27. The number of thioether (sulfide) groups is 1. The second-order valence-electron chi connectivity index (χ2n) is 7.85. The van der Waals surface area contributed by atoms with Gasteiger partial charge in [0.05, 0.1) is 33.6 Å². The van der Waals surface area contributed by atoms with Crippen LogP contribution in [0.2, 0.25) is 0 Å². The van der Waals surface area contributed by atoms with Crippen LogP contribution in [0.1, 0.15) is 19.4 Å². The largest absolute Gasteiger partial charge is 0.495 e. The molecule has 0 aliphatic carbocycles. The molecular formula is C25H26N4O5S2. The molecule has 9 nitrogen and oxygen atoms in total. The third-order valence-electron chi connectivity index (χ3n) is 5.78. The molecule has 0 atom stereocenters. The molecule has 0 spiro atoms. The van der Waals surface area contributed by atoms with Gasteiger partial charge in [-0.25, -0.2) is 13.4 Å². The van der Waals surface area contributed by atoms with E-state index >= 15 is 0 Å². The normalized spacial score (nSPS) is 11.8. The maximum Gasteiger partial charge on any atom is 0.269 e. The zero-order valence-electron chi connectivity index (χ0n) is 20.1. The summed E-state index contributed by atoms with van der Waals surface area (Å²) < 4.78 is 35.1. The molecule has 0 aliphatic rings. The predicted molar refractivity (Wildman–Crippen MR) is 140 cm³/mol. The summed E-state index contributed by atoms with van der Waals surface area (Å²) in [6.07, 6.45) is 0. The molecule has 0 saturated carbocycles. The van der Waals surface area contributed by atoms with Crippen molar-refractivity contribution < 1.29 is 18.1 Å². The molecular weight excluding hydrogens is 500 g/mol. The van der Waals surface area contributed by atoms with Crippen LogP contribution >= 0.6 is 11.8 Å². The first-order chi connectivity index (χ1) is 17.3. The van der Waals surface area contributed by atoms with Crippen molar-refractivity contribution >= 4 is 38.5 Å². The Kier molecular flexibility index (Phi) is 7.62. The minimum absolute atomic E-state index is 0.0342. The molecule has 4 aromatic rings. The van der Waals surface area contributed by atoms with E-state index in [4.69, 9.17) is 9.72 Å². The lowest BCUT2D eigenvalue weighted by molar-refractivity contribution is -0.384. The average molecular weight is 527 g/mol. The van der Waals surface area contributed by atoms with Gasteiger partial charge in [0.15, 0.2) is 5.16 Å². The number of rotatable bonds is 10. The molecule has 0 bridgehead atoms. The van der Waals surface area contributed by atoms with Gasteiger partial charge in [-0.3, -0.25) is 14.7 Å². The van der Waals surface area contributed by atoms with Crippen molar-refractivity contribution in [3.63, 3.8) is 0 Å². The number of aromatic nitrogens is 2. The lowest BCUT2D eigenvalue weighted by atomic mass is 10.2. The van der Waals surface area contributed by atoms with Crippen LogP contribution in [0.4, 0.5) is 5.69 Å². The highest BCUT2D eigenvalue weighted by atomic mass is 32.2. The molecule has 36 heavy (non-hydrogen) atoms. The number of non-ortho nitro benzene ring substituents is 1. The number of nitro groups is 1. The lowest BCUT2D eigenvalue weighted by Gasteiger charge is -2.18. The van der Waals surface area contributed by atoms with Crippen LogP contribution < -0.4 is 4.74 Å². The molecule has 0 fully saturated rings. The number of nitro benzene ring substituents is 1. The van der Waals surface area contributed by atoms with Crippen LogP contribution in [0, 0.1) is 10.1 Å². The van der Waals surface area contributed by atoms with Gasteiger partial charge in [-0.2, -0.15) is 4.31 Å². The molecule has 11 heteroatoms. The first-order valence-corrected chi connectivity index (χ1v) is 13.7. The highest BCUT2D eigenvalue weighted by Crippen LogP contribution is 2.35. The Labute approximate surface area is 213 Å². The van der Waals surface area contributed by atoms with E-state index in [1.165, 1.54) is 28.2 Å². The summed E-state index contributed by atoms with van der Waals surface area (Å²) in [5, 5.41) is 11.6. The third kappa shape index (κ3) is 4.95. The molecule has 0 amide bonds. The molecule has 0 N–H and O–H groups in total. The van der Waals surface area contributed by atoms with Gasteiger partial charge < -0.3 is 4.74 Å². The van der Waals surface area contributed by atoms with E-state index in [1.807, 2.05) is 42.7 Å². The van der Waals surface area contributed by atoms with E-state index < -0.39 is 14.9 Å². The molecule has 4 rings (SSSR count). The molecule has 1 heterocycles. The first-order valence-electron chi connectivity index (χ1n) is 11.3. The zero-order chi connectivity index (χ0) is 25.9. The van der Waals surface area contributed by atoms with Crippen molar-refractivity contribution in [3.05, 3.63) is 82.4 Å². The summed E-state index contributed by atoms with van der Waals surface area (Å²) in [5.41, 5.74) is 2.98. The number of ether oxygens (including phenoxy) is 1. The van der Waals surface area contributed by atoms with Crippen LogP contribution in [-0.4, -0.2) is 47.4 Å². The minimum atomic E-state index is -3.64. The fourth-order valence-corrected chi connectivity index (χ4v) is 6.37. The van der Waals surface area contributed by atoms with Gasteiger partial charge in [-0.15, -0.1) is 0 Å². The second kappa shape index (κ2) is 10.7. The Morgan fingerprint density at radius 3 is 2.39 bits per heavy atom. The Hall–Kier alpha value is -3.41. The number of benzene rings is 3. The number of hydrogen-bond donors (Lipinski definition) is 0. The highest BCUT2D eigenvalue weighted by molar-refractivity contribution is 7.98. The van der Waals surface area contributed by atoms with Crippen molar-refractivity contribution in [2.45, 2.75) is 29.7 Å². The Morgan fingerprint density at radius 1 is 1.06 bits per heavy atom. The van der Waals surface area contributed by atoms with Crippen LogP contribution in [0.3, 0.4) is 0 Å². The molecule has 0 radical (unpaired) electrons. The molecule has 0 unspecified atom stereocenters. The third-order valence-corrected chi connectivity index (χ3v) is 8.84. The van der Waals surface area contributed by atoms with Crippen molar-refractivity contribution in [3.8, 4) is 11.4 Å². The Morgan fingerprint density at radius 2 is 1.75 bits per heavy atom. The number of imidazole rings is 1. The fourth-order valence-electron chi connectivity index (χ4n) is 3.92. The number of sulfonamides is 1. The summed E-state index contributed by atoms with van der Waals surface area (Å²) in [6.45, 7) is 4.37. The average Bonchev–Trinajstić information content (AvgIpc) is 3.25. The van der Waals surface area contributed by atoms with Crippen LogP contribution in [0.25, 0.3) is 16.7 Å². The number of hydrogen-bond acceptors (Lipinski definition) is 7. The SMILES string of the molecule is CCN(CC)S(=O)(=O)c1ccc2c(c1)nc(SCc1ccc([N+](=O)[O-])cc1)n2-c1ccccc1OC. The topological polar surface area (TPSA) is 108 Å². The highest BCUT2D eigenvalue weighted by Gasteiger charge is 2.24. The molecule has 1 aromatic heterocycles. The summed E-state index contributed by atoms with van der Waals surface area (Å²) in [6, 6.07) is 18.9. The van der Waals surface area contributed by atoms with Gasteiger partial charge in [0.2, 0.25) is 10.0 Å². The van der Waals surface area contributed by atoms with Gasteiger partial charge in [0.25, 0.3) is 5.69 Å². The maximum absolute atomic E-state index is 13.1. The number of nitrogens with zero attached hydrogens (tertiary/aromatic N) is 4. The van der Waals surface area contributed by atoms with Gasteiger partial charge >= 0.3 is 0 Å². The smallest absolute Gasteiger partial charge is 0.269 e. The fraction of sp³-hybridized carbons (Fsp3) is 0.240. The Balaban J connectivity index is 1.80. The van der Waals surface area contributed by atoms with Crippen LogP contribution in [0.15, 0.2) is 76.8 Å². The zero-order valence-corrected chi connectivity index (χ0v) is 21.8. The van der Waals surface area contributed by atoms with E-state index in [9.17, 15) is 18.5 Å². The van der Waals surface area contributed by atoms with Gasteiger partial charge in [-0.05, 0) is 35.9 Å². The summed E-state index contributed by atoms with van der Waals surface area (Å²) >= 11 is 1.45. The van der Waals surface area contributed by atoms with Crippen molar-refractivity contribution in [2.75, 3.05) is 20.2 Å². The number of para-hydroxylation sites is 2. The number of fused-ring (bicyclic) bond motifs is 1. The molecule has 0 aliphatic heterocycles. The van der Waals surface area contributed by atoms with E-state index in [0.29, 0.717) is 35.3 Å². The second-order valence-corrected chi connectivity index (χ2v) is 10.7. The van der Waals surface area contributed by atoms with Crippen LogP contribution in [-0.2, 0) is 15.8 Å². The van der Waals surface area contributed by atoms with E-state index in [1.54, 1.807) is 37.4 Å². The summed E-state index contributed by atoms with van der Waals surface area (Å²) in [5.74, 6) is 1.16. The summed E-state index contributed by atoms with van der Waals surface area (Å²) in [4.78, 5) is 15.5. The first kappa shape index (κ1) is 25.7. The molecule has 3 aromatic carbocycles. The standard InChI is InChI=1S/C25H26N4O5S2/c1-4-27(5-2)36(32,33)20-14-15-22-21(16-20)26-25(28(22)23-8-6-7-9-24(23)34-3)35-17-18-10-12-19(13-11-18)29(30)31/h6-16H,4-5,17H2,1-3H3. The lowest BCUT2D eigenvalue weighted by Crippen LogP contribution is -2.30. The van der Waals surface area contributed by atoms with E-state index in [2.05, 4.69) is 0 Å². The quantitative estimate of drug-likeness (QED) is 0.157. The molecule has 188 valence electrons. The maximum atomic E-state index is 13.1. The van der Waals surface area contributed by atoms with E-state index in [-0.39, 0.29) is 10.6 Å². The number of methoxy groups -OCH3 is 1. The molecule has 0 saturated heterocycles. The van der Waals surface area contributed by atoms with E-state index in [0.717, 1.165) is 16.8 Å². The van der Waals surface area contributed by atoms with Crippen LogP contribution in [0.5, 0.6) is 5.75 Å². The minimum Gasteiger partial charge on any atom is -0.495 e. The van der Waals surface area contributed by atoms with Gasteiger partial charge in [0, 0.05) is 31.0 Å². The summed E-state index contributed by atoms with van der Waals surface area (Å²) in [7, 11) is -2.05. The Bertz CT molecular complexity index is 1500. The monoisotopic (exact) mass is 526 g/mol. The van der Waals surface area contributed by atoms with Gasteiger partial charge in [-0.1, -0.05) is 49.9 Å². The van der Waals surface area contributed by atoms with Crippen molar-refractivity contribution in [1.29, 1.82) is 0 Å². The van der Waals surface area contributed by atoms with Crippen molar-refractivity contribution in [2.24, 2.45) is 0 Å². The van der Waals surface area contributed by atoms with Gasteiger partial charge in [0.1, 0.15) is 5.75 Å². The van der Waals surface area contributed by atoms with Crippen molar-refractivity contribution in [1.82, 2.24) is 13.9 Å².